The molecule has 0 bridgehead atoms. The van der Waals surface area contributed by atoms with Crippen molar-refractivity contribution in [3.8, 4) is 0 Å². The molecule has 2 saturated heterocycles. The average Bonchev–Trinajstić information content (AvgIpc) is 2.67. The lowest BCUT2D eigenvalue weighted by molar-refractivity contribution is 0.0219. The Morgan fingerprint density at radius 2 is 1.81 bits per heavy atom. The topological polar surface area (TPSA) is 79.4 Å². The van der Waals surface area contributed by atoms with Crippen LogP contribution in [0.5, 0.6) is 0 Å². The molecule has 1 aromatic carbocycles. The molecule has 2 heterocycles. The molecule has 0 saturated carbocycles. The van der Waals surface area contributed by atoms with Crippen molar-refractivity contribution in [2.24, 2.45) is 0 Å². The van der Waals surface area contributed by atoms with Crippen LogP contribution in [0.1, 0.15) is 33.3 Å². The highest BCUT2D eigenvalue weighted by molar-refractivity contribution is 7.91. The van der Waals surface area contributed by atoms with E-state index in [2.05, 4.69) is 34.9 Å². The number of methoxy groups -OCH3 is 1. The number of carbonyl (C=O) groups excluding carboxylic acids is 1. The van der Waals surface area contributed by atoms with E-state index in [0.29, 0.717) is 39.3 Å². The number of amides is 1. The summed E-state index contributed by atoms with van der Waals surface area (Å²) in [4.78, 5) is 18.6. The van der Waals surface area contributed by atoms with Gasteiger partial charge in [0.25, 0.3) is 0 Å². The number of anilines is 2. The van der Waals surface area contributed by atoms with E-state index in [0.717, 1.165) is 16.9 Å². The van der Waals surface area contributed by atoms with Crippen molar-refractivity contribution in [1.82, 2.24) is 4.90 Å². The molecular formula is C22H35N3O5S. The van der Waals surface area contributed by atoms with Crippen molar-refractivity contribution in [1.29, 1.82) is 0 Å². The number of ether oxygens (including phenoxy) is 2. The smallest absolute Gasteiger partial charge is 0.410 e. The molecule has 9 heteroatoms. The molecule has 1 amide bonds. The zero-order valence-electron chi connectivity index (χ0n) is 19.3. The van der Waals surface area contributed by atoms with E-state index in [9.17, 15) is 13.2 Å². The molecule has 0 spiro atoms. The second-order valence-corrected chi connectivity index (χ2v) is 11.7. The maximum Gasteiger partial charge on any atom is 0.410 e. The summed E-state index contributed by atoms with van der Waals surface area (Å²) in [6.45, 7) is 11.1. The Hall–Kier alpha value is -2.00. The standard InChI is InChI=1S/C22H35N3O5S/c1-17-15-24(21(26)30-22(2,3)4)8-9-25(17)19-6-7-20(18(14-19)16-29-5)23-10-12-31(27,28)13-11-23/h6-7,14,17H,8-13,15-16H2,1-5H3/t17-/m1/s1. The average molecular weight is 454 g/mol. The lowest BCUT2D eigenvalue weighted by atomic mass is 10.1. The minimum atomic E-state index is -2.93. The maximum atomic E-state index is 12.4. The Kier molecular flexibility index (Phi) is 7.05. The first kappa shape index (κ1) is 23.7. The van der Waals surface area contributed by atoms with Crippen LogP contribution in [0, 0.1) is 0 Å². The predicted octanol–water partition coefficient (Wildman–Crippen LogP) is 2.51. The van der Waals surface area contributed by atoms with Gasteiger partial charge in [-0.25, -0.2) is 13.2 Å². The summed E-state index contributed by atoms with van der Waals surface area (Å²) in [5.41, 5.74) is 2.65. The minimum absolute atomic E-state index is 0.141. The van der Waals surface area contributed by atoms with Gasteiger partial charge in [-0.15, -0.1) is 0 Å². The second kappa shape index (κ2) is 9.24. The van der Waals surface area contributed by atoms with Crippen molar-refractivity contribution in [2.45, 2.75) is 45.9 Å². The first-order valence-corrected chi connectivity index (χ1v) is 12.6. The largest absolute Gasteiger partial charge is 0.444 e. The summed E-state index contributed by atoms with van der Waals surface area (Å²) in [5.74, 6) is 0.371. The predicted molar refractivity (Wildman–Crippen MR) is 123 cm³/mol. The molecular weight excluding hydrogens is 418 g/mol. The van der Waals surface area contributed by atoms with Gasteiger partial charge in [-0.3, -0.25) is 0 Å². The van der Waals surface area contributed by atoms with Crippen LogP contribution in [-0.2, 0) is 25.9 Å². The van der Waals surface area contributed by atoms with Crippen molar-refractivity contribution in [3.63, 3.8) is 0 Å². The minimum Gasteiger partial charge on any atom is -0.444 e. The number of sulfone groups is 1. The molecule has 3 rings (SSSR count). The Labute approximate surface area is 186 Å². The van der Waals surface area contributed by atoms with E-state index in [1.165, 1.54) is 0 Å². The summed E-state index contributed by atoms with van der Waals surface area (Å²) in [7, 11) is -1.26. The number of carbonyl (C=O) groups is 1. The van der Waals surface area contributed by atoms with Crippen LogP contribution in [0.15, 0.2) is 18.2 Å². The monoisotopic (exact) mass is 453 g/mol. The summed E-state index contributed by atoms with van der Waals surface area (Å²) < 4.78 is 34.5. The van der Waals surface area contributed by atoms with Crippen LogP contribution in [0.2, 0.25) is 0 Å². The molecule has 1 atom stereocenters. The number of piperazine rings is 1. The van der Waals surface area contributed by atoms with E-state index >= 15 is 0 Å². The van der Waals surface area contributed by atoms with Gasteiger partial charge in [0.15, 0.2) is 9.84 Å². The van der Waals surface area contributed by atoms with E-state index in [4.69, 9.17) is 9.47 Å². The molecule has 0 aliphatic carbocycles. The Bertz CT molecular complexity index is 883. The quantitative estimate of drug-likeness (QED) is 0.693. The molecule has 174 valence electrons. The van der Waals surface area contributed by atoms with E-state index in [1.54, 1.807) is 12.0 Å². The SMILES string of the molecule is COCc1cc(N2CCN(C(=O)OC(C)(C)C)C[C@H]2C)ccc1N1CCS(=O)(=O)CC1. The van der Waals surface area contributed by atoms with Crippen molar-refractivity contribution in [2.75, 3.05) is 61.1 Å². The van der Waals surface area contributed by atoms with Crippen molar-refractivity contribution in [3.05, 3.63) is 23.8 Å². The molecule has 2 aliphatic heterocycles. The summed E-state index contributed by atoms with van der Waals surface area (Å²) >= 11 is 0. The fourth-order valence-electron chi connectivity index (χ4n) is 4.12. The third kappa shape index (κ3) is 6.04. The lowest BCUT2D eigenvalue weighted by Crippen LogP contribution is -2.54. The van der Waals surface area contributed by atoms with E-state index in [1.807, 2.05) is 20.8 Å². The number of rotatable bonds is 4. The summed E-state index contributed by atoms with van der Waals surface area (Å²) in [6.07, 6.45) is -0.269. The van der Waals surface area contributed by atoms with Crippen LogP contribution in [-0.4, -0.2) is 82.4 Å². The fraction of sp³-hybridized carbons (Fsp3) is 0.682. The maximum absolute atomic E-state index is 12.4. The molecule has 2 aliphatic rings. The Balaban J connectivity index is 1.73. The highest BCUT2D eigenvalue weighted by Gasteiger charge is 2.30. The van der Waals surface area contributed by atoms with Gasteiger partial charge in [0.05, 0.1) is 18.1 Å². The van der Waals surface area contributed by atoms with Gasteiger partial charge in [-0.05, 0) is 45.9 Å². The van der Waals surface area contributed by atoms with Crippen LogP contribution >= 0.6 is 0 Å². The van der Waals surface area contributed by atoms with Crippen molar-refractivity contribution >= 4 is 27.3 Å². The number of nitrogens with zero attached hydrogens (tertiary/aromatic N) is 3. The van der Waals surface area contributed by atoms with E-state index in [-0.39, 0.29) is 23.6 Å². The van der Waals surface area contributed by atoms with Gasteiger partial charge in [0.2, 0.25) is 0 Å². The van der Waals surface area contributed by atoms with Gasteiger partial charge in [0, 0.05) is 62.8 Å². The third-order valence-electron chi connectivity index (χ3n) is 5.66. The zero-order valence-corrected chi connectivity index (χ0v) is 20.1. The van der Waals surface area contributed by atoms with E-state index < -0.39 is 15.4 Å². The fourth-order valence-corrected chi connectivity index (χ4v) is 5.32. The van der Waals surface area contributed by atoms with Crippen molar-refractivity contribution < 1.29 is 22.7 Å². The van der Waals surface area contributed by atoms with Gasteiger partial charge in [0.1, 0.15) is 5.60 Å². The highest BCUT2D eigenvalue weighted by atomic mass is 32.2. The van der Waals surface area contributed by atoms with Gasteiger partial charge >= 0.3 is 6.09 Å². The number of benzene rings is 1. The van der Waals surface area contributed by atoms with Gasteiger partial charge in [-0.1, -0.05) is 0 Å². The first-order chi connectivity index (χ1) is 14.5. The van der Waals surface area contributed by atoms with Gasteiger partial charge in [-0.2, -0.15) is 0 Å². The molecule has 2 fully saturated rings. The third-order valence-corrected chi connectivity index (χ3v) is 7.27. The molecule has 8 nitrogen and oxygen atoms in total. The lowest BCUT2D eigenvalue weighted by Gasteiger charge is -2.42. The van der Waals surface area contributed by atoms with Crippen LogP contribution < -0.4 is 9.80 Å². The highest BCUT2D eigenvalue weighted by Crippen LogP contribution is 2.30. The zero-order chi connectivity index (χ0) is 22.8. The van der Waals surface area contributed by atoms with Crippen LogP contribution in [0.3, 0.4) is 0 Å². The molecule has 1 aromatic rings. The number of hydrogen-bond acceptors (Lipinski definition) is 7. The van der Waals surface area contributed by atoms with Crippen LogP contribution in [0.4, 0.5) is 16.2 Å². The molecule has 31 heavy (non-hydrogen) atoms. The summed E-state index contributed by atoms with van der Waals surface area (Å²) in [6, 6.07) is 6.41. The first-order valence-electron chi connectivity index (χ1n) is 10.8. The molecule has 0 N–H and O–H groups in total. The second-order valence-electron chi connectivity index (χ2n) is 9.35. The molecule has 0 radical (unpaired) electrons. The van der Waals surface area contributed by atoms with Crippen LogP contribution in [0.25, 0.3) is 0 Å². The Morgan fingerprint density at radius 3 is 2.39 bits per heavy atom. The number of hydrogen-bond donors (Lipinski definition) is 0. The Morgan fingerprint density at radius 1 is 1.13 bits per heavy atom. The molecule has 0 aromatic heterocycles. The van der Waals surface area contributed by atoms with Gasteiger partial charge < -0.3 is 24.2 Å². The summed E-state index contributed by atoms with van der Waals surface area (Å²) in [5, 5.41) is 0. The molecule has 0 unspecified atom stereocenters. The normalized spacial score (nSPS) is 21.8.